The predicted molar refractivity (Wildman–Crippen MR) is 68.5 cm³/mol. The van der Waals surface area contributed by atoms with Gasteiger partial charge in [0.2, 0.25) is 5.91 Å². The lowest BCUT2D eigenvalue weighted by Gasteiger charge is -2.27. The molecule has 7 heteroatoms. The first-order valence-corrected chi connectivity index (χ1v) is 7.04. The highest BCUT2D eigenvalue weighted by molar-refractivity contribution is 5.87. The number of aromatic amines is 1. The summed E-state index contributed by atoms with van der Waals surface area (Å²) in [5, 5.41) is 13.1. The number of nitrogens with one attached hydrogen (secondary N) is 2. The zero-order chi connectivity index (χ0) is 14.0. The van der Waals surface area contributed by atoms with E-state index in [1.807, 2.05) is 0 Å². The van der Waals surface area contributed by atoms with Crippen LogP contribution in [0.25, 0.3) is 0 Å². The maximum Gasteiger partial charge on any atom is 0.307 e. The second-order valence-electron chi connectivity index (χ2n) is 5.51. The van der Waals surface area contributed by atoms with Crippen LogP contribution in [0.2, 0.25) is 0 Å². The molecule has 1 aromatic rings. The maximum absolute atomic E-state index is 12.3. The van der Waals surface area contributed by atoms with Gasteiger partial charge >= 0.3 is 5.97 Å². The summed E-state index contributed by atoms with van der Waals surface area (Å²) in [6.45, 7) is 0.492. The van der Waals surface area contributed by atoms with Crippen molar-refractivity contribution in [3.05, 3.63) is 11.9 Å². The molecule has 2 N–H and O–H groups in total. The molecule has 108 valence electrons. The van der Waals surface area contributed by atoms with Crippen LogP contribution in [0, 0.1) is 5.92 Å². The Kier molecular flexibility index (Phi) is 3.42. The molecule has 0 bridgehead atoms. The van der Waals surface area contributed by atoms with Gasteiger partial charge in [0.1, 0.15) is 5.60 Å². The van der Waals surface area contributed by atoms with E-state index in [9.17, 15) is 9.59 Å². The summed E-state index contributed by atoms with van der Waals surface area (Å²) < 4.78 is 5.47. The van der Waals surface area contributed by atoms with Crippen molar-refractivity contribution in [2.24, 2.45) is 5.92 Å². The Morgan fingerprint density at radius 1 is 1.50 bits per heavy atom. The third-order valence-electron chi connectivity index (χ3n) is 4.23. The second kappa shape index (κ2) is 5.22. The van der Waals surface area contributed by atoms with E-state index < -0.39 is 5.60 Å². The molecule has 1 aliphatic carbocycles. The molecule has 0 aromatic carbocycles. The van der Waals surface area contributed by atoms with Gasteiger partial charge in [0.15, 0.2) is 0 Å². The second-order valence-corrected chi connectivity index (χ2v) is 5.51. The highest BCUT2D eigenvalue weighted by Crippen LogP contribution is 2.45. The van der Waals surface area contributed by atoms with Gasteiger partial charge in [-0.2, -0.15) is 15.4 Å². The largest absolute Gasteiger partial charge is 0.458 e. The van der Waals surface area contributed by atoms with Crippen LogP contribution in [-0.4, -0.2) is 39.4 Å². The van der Waals surface area contributed by atoms with Crippen molar-refractivity contribution >= 4 is 11.9 Å². The third kappa shape index (κ3) is 2.39. The number of aromatic nitrogens is 3. The number of carbonyl (C=O) groups excluding carboxylic acids is 2. The van der Waals surface area contributed by atoms with E-state index in [0.717, 1.165) is 31.4 Å². The Labute approximate surface area is 116 Å². The summed E-state index contributed by atoms with van der Waals surface area (Å²) in [7, 11) is 0. The van der Waals surface area contributed by atoms with Crippen LogP contribution in [0.3, 0.4) is 0 Å². The van der Waals surface area contributed by atoms with E-state index in [0.29, 0.717) is 13.0 Å². The fraction of sp³-hybridized carbons (Fsp3) is 0.692. The van der Waals surface area contributed by atoms with E-state index in [4.69, 9.17) is 4.74 Å². The predicted octanol–water partition coefficient (Wildman–Crippen LogP) is 0.339. The van der Waals surface area contributed by atoms with Gasteiger partial charge in [0, 0.05) is 13.0 Å². The molecule has 1 atom stereocenters. The molecule has 7 nitrogen and oxygen atoms in total. The molecule has 1 amide bonds. The van der Waals surface area contributed by atoms with Gasteiger partial charge in [-0.05, 0) is 25.7 Å². The summed E-state index contributed by atoms with van der Waals surface area (Å²) in [6, 6.07) is 0. The molecule has 3 rings (SSSR count). The Morgan fingerprint density at radius 3 is 3.00 bits per heavy atom. The zero-order valence-electron chi connectivity index (χ0n) is 11.2. The van der Waals surface area contributed by atoms with Crippen molar-refractivity contribution in [1.82, 2.24) is 20.7 Å². The smallest absolute Gasteiger partial charge is 0.307 e. The standard InChI is InChI=1S/C13H18N4O3/c18-11-7-10(13(20-11)4-1-2-5-13)12(19)14-6-3-9-8-15-17-16-9/h8,10H,1-7H2,(H,14,19)(H,15,16,17). The Hall–Kier alpha value is -1.92. The number of hydrogen-bond acceptors (Lipinski definition) is 5. The highest BCUT2D eigenvalue weighted by Gasteiger charge is 2.53. The molecule has 1 saturated heterocycles. The van der Waals surface area contributed by atoms with Crippen LogP contribution in [0.4, 0.5) is 0 Å². The number of amides is 1. The minimum atomic E-state index is -0.533. The number of ether oxygens (including phenoxy) is 1. The summed E-state index contributed by atoms with van der Waals surface area (Å²) in [6.07, 6.45) is 6.12. The summed E-state index contributed by atoms with van der Waals surface area (Å²) in [5.41, 5.74) is 0.273. The van der Waals surface area contributed by atoms with Crippen molar-refractivity contribution in [3.63, 3.8) is 0 Å². The van der Waals surface area contributed by atoms with Gasteiger partial charge in [-0.15, -0.1) is 0 Å². The average molecular weight is 278 g/mol. The normalized spacial score (nSPS) is 24.0. The monoisotopic (exact) mass is 278 g/mol. The lowest BCUT2D eigenvalue weighted by molar-refractivity contribution is -0.149. The molecule has 20 heavy (non-hydrogen) atoms. The first-order valence-electron chi connectivity index (χ1n) is 7.04. The van der Waals surface area contributed by atoms with E-state index in [1.165, 1.54) is 0 Å². The number of hydrogen-bond donors (Lipinski definition) is 2. The SMILES string of the molecule is O=C1CC(C(=O)NCCc2cn[nH]n2)C2(CCCC2)O1. The molecule has 1 aliphatic heterocycles. The van der Waals surface area contributed by atoms with Crippen LogP contribution in [0.5, 0.6) is 0 Å². The van der Waals surface area contributed by atoms with Crippen LogP contribution >= 0.6 is 0 Å². The Morgan fingerprint density at radius 2 is 2.30 bits per heavy atom. The molecular formula is C13H18N4O3. The van der Waals surface area contributed by atoms with Gasteiger partial charge in [-0.25, -0.2) is 0 Å². The third-order valence-corrected chi connectivity index (χ3v) is 4.23. The Bertz CT molecular complexity index is 494. The fourth-order valence-corrected chi connectivity index (χ4v) is 3.23. The van der Waals surface area contributed by atoms with Crippen molar-refractivity contribution in [2.75, 3.05) is 6.54 Å². The van der Waals surface area contributed by atoms with Gasteiger partial charge in [-0.3, -0.25) is 9.59 Å². The van der Waals surface area contributed by atoms with Crippen LogP contribution in [0.1, 0.15) is 37.8 Å². The van der Waals surface area contributed by atoms with Gasteiger partial charge in [-0.1, -0.05) is 0 Å². The summed E-state index contributed by atoms with van der Waals surface area (Å²) in [4.78, 5) is 23.8. The van der Waals surface area contributed by atoms with Crippen molar-refractivity contribution in [3.8, 4) is 0 Å². The molecule has 1 saturated carbocycles. The van der Waals surface area contributed by atoms with E-state index in [-0.39, 0.29) is 24.2 Å². The molecule has 2 heterocycles. The van der Waals surface area contributed by atoms with Crippen molar-refractivity contribution in [2.45, 2.75) is 44.1 Å². The fourth-order valence-electron chi connectivity index (χ4n) is 3.23. The number of esters is 1. The average Bonchev–Trinajstić information content (AvgIpc) is 3.12. The lowest BCUT2D eigenvalue weighted by atomic mass is 9.85. The van der Waals surface area contributed by atoms with Gasteiger partial charge in [0.05, 0.1) is 24.2 Å². The van der Waals surface area contributed by atoms with Crippen molar-refractivity contribution in [1.29, 1.82) is 0 Å². The molecule has 1 spiro atoms. The summed E-state index contributed by atoms with van der Waals surface area (Å²) in [5.74, 6) is -0.667. The quantitative estimate of drug-likeness (QED) is 0.774. The minimum absolute atomic E-state index is 0.0822. The van der Waals surface area contributed by atoms with Gasteiger partial charge < -0.3 is 10.1 Å². The highest BCUT2D eigenvalue weighted by atomic mass is 16.6. The van der Waals surface area contributed by atoms with Crippen molar-refractivity contribution < 1.29 is 14.3 Å². The van der Waals surface area contributed by atoms with Crippen LogP contribution < -0.4 is 5.32 Å². The van der Waals surface area contributed by atoms with Crippen LogP contribution in [0.15, 0.2) is 6.20 Å². The molecular weight excluding hydrogens is 260 g/mol. The first-order chi connectivity index (χ1) is 9.70. The lowest BCUT2D eigenvalue weighted by Crippen LogP contribution is -2.43. The molecule has 1 aromatic heterocycles. The molecule has 2 fully saturated rings. The summed E-state index contributed by atoms with van der Waals surface area (Å²) >= 11 is 0. The topological polar surface area (TPSA) is 97.0 Å². The minimum Gasteiger partial charge on any atom is -0.458 e. The number of carbonyl (C=O) groups is 2. The van der Waals surface area contributed by atoms with E-state index in [1.54, 1.807) is 6.20 Å². The van der Waals surface area contributed by atoms with E-state index in [2.05, 4.69) is 20.7 Å². The number of nitrogens with zero attached hydrogens (tertiary/aromatic N) is 2. The molecule has 2 aliphatic rings. The Balaban J connectivity index is 1.57. The molecule has 1 unspecified atom stereocenters. The maximum atomic E-state index is 12.3. The molecule has 0 radical (unpaired) electrons. The zero-order valence-corrected chi connectivity index (χ0v) is 11.2. The van der Waals surface area contributed by atoms with Crippen LogP contribution in [-0.2, 0) is 20.7 Å². The van der Waals surface area contributed by atoms with Gasteiger partial charge in [0.25, 0.3) is 0 Å². The van der Waals surface area contributed by atoms with E-state index >= 15 is 0 Å². The number of H-pyrrole nitrogens is 1. The first kappa shape index (κ1) is 13.1. The number of rotatable bonds is 4.